The fourth-order valence-corrected chi connectivity index (χ4v) is 7.63. The highest BCUT2D eigenvalue weighted by molar-refractivity contribution is 5.75. The first-order valence-corrected chi connectivity index (χ1v) is 18.9. The molecule has 3 aliphatic rings. The maximum absolute atomic E-state index is 12.2. The number of phenolic OH excluding ortho intramolecular Hbond substituents is 1. The van der Waals surface area contributed by atoms with E-state index in [0.29, 0.717) is 48.9 Å². The van der Waals surface area contributed by atoms with E-state index in [1.54, 1.807) is 12.1 Å². The van der Waals surface area contributed by atoms with E-state index in [2.05, 4.69) is 59.0 Å². The molecule has 3 saturated heterocycles. The molecule has 3 aliphatic heterocycles. The number of piperazine rings is 2. The summed E-state index contributed by atoms with van der Waals surface area (Å²) in [5, 5.41) is 18.9. The molecule has 2 unspecified atom stereocenters. The molecule has 0 spiro atoms. The van der Waals surface area contributed by atoms with Crippen molar-refractivity contribution in [2.45, 2.75) is 57.7 Å². The molecule has 0 amide bonds. The summed E-state index contributed by atoms with van der Waals surface area (Å²) in [6.07, 6.45) is 10.8. The molecule has 3 fully saturated rings. The minimum Gasteiger partial charge on any atom is -0.507 e. The Balaban J connectivity index is 0.857. The zero-order valence-corrected chi connectivity index (χ0v) is 31.5. The van der Waals surface area contributed by atoms with Gasteiger partial charge < -0.3 is 35.0 Å². The van der Waals surface area contributed by atoms with Gasteiger partial charge in [-0.25, -0.2) is 4.98 Å². The molecule has 6 heterocycles. The topological polar surface area (TPSA) is 146 Å². The van der Waals surface area contributed by atoms with Crippen LogP contribution in [0.4, 0.5) is 23.0 Å². The highest BCUT2D eigenvalue weighted by Gasteiger charge is 2.41. The average Bonchev–Trinajstić information content (AvgIpc) is 3.42. The number of carbonyl (C=O) groups is 1. The Morgan fingerprint density at radius 1 is 0.963 bits per heavy atom. The molecule has 7 rings (SSSR count). The highest BCUT2D eigenvalue weighted by Crippen LogP contribution is 2.39. The number of aromatic hydroxyl groups is 1. The number of nitrogens with zero attached hydrogens (tertiary/aromatic N) is 8. The summed E-state index contributed by atoms with van der Waals surface area (Å²) in [6, 6.07) is 18.2. The van der Waals surface area contributed by atoms with Crippen LogP contribution in [0.1, 0.15) is 44.9 Å². The summed E-state index contributed by atoms with van der Waals surface area (Å²) in [7, 11) is 0. The van der Waals surface area contributed by atoms with E-state index < -0.39 is 5.60 Å². The summed E-state index contributed by atoms with van der Waals surface area (Å²) in [5.41, 5.74) is 11.2. The fraction of sp³-hybridized carbons (Fsp3) is 0.439. The van der Waals surface area contributed by atoms with Crippen molar-refractivity contribution in [2.24, 2.45) is 0 Å². The first kappa shape index (κ1) is 37.1. The normalized spacial score (nSPS) is 19.1. The number of hydrogen-bond acceptors (Lipinski definition) is 13. The van der Waals surface area contributed by atoms with Gasteiger partial charge in [0.2, 0.25) is 0 Å². The monoisotopic (exact) mass is 733 g/mol. The Labute approximate surface area is 317 Å². The summed E-state index contributed by atoms with van der Waals surface area (Å²) in [4.78, 5) is 30.7. The zero-order valence-electron chi connectivity index (χ0n) is 31.5. The van der Waals surface area contributed by atoms with Crippen molar-refractivity contribution in [1.29, 1.82) is 0 Å². The van der Waals surface area contributed by atoms with Gasteiger partial charge in [-0.2, -0.15) is 0 Å². The first-order valence-electron chi connectivity index (χ1n) is 18.9. The minimum absolute atomic E-state index is 0.169. The summed E-state index contributed by atoms with van der Waals surface area (Å²) < 4.78 is 11.4. The first-order chi connectivity index (χ1) is 26.1. The van der Waals surface area contributed by atoms with Gasteiger partial charge >= 0.3 is 5.97 Å². The van der Waals surface area contributed by atoms with E-state index in [1.165, 1.54) is 5.69 Å². The van der Waals surface area contributed by atoms with Crippen LogP contribution in [-0.4, -0.2) is 113 Å². The Kier molecular flexibility index (Phi) is 11.3. The predicted octanol–water partition coefficient (Wildman–Crippen LogP) is 4.82. The van der Waals surface area contributed by atoms with Crippen molar-refractivity contribution in [3.63, 3.8) is 0 Å². The van der Waals surface area contributed by atoms with Crippen LogP contribution in [0, 0.1) is 0 Å². The van der Waals surface area contributed by atoms with E-state index in [-0.39, 0.29) is 11.7 Å². The maximum atomic E-state index is 12.2. The summed E-state index contributed by atoms with van der Waals surface area (Å²) in [6.45, 7) is 12.0. The molecule has 0 radical (unpaired) electrons. The number of phenols is 1. The van der Waals surface area contributed by atoms with Gasteiger partial charge in [-0.3, -0.25) is 14.7 Å². The van der Waals surface area contributed by atoms with E-state index in [9.17, 15) is 9.90 Å². The van der Waals surface area contributed by atoms with Gasteiger partial charge in [0.1, 0.15) is 17.2 Å². The van der Waals surface area contributed by atoms with Gasteiger partial charge in [-0.1, -0.05) is 24.3 Å². The number of ether oxygens (including phenoxy) is 2. The van der Waals surface area contributed by atoms with E-state index in [4.69, 9.17) is 20.2 Å². The summed E-state index contributed by atoms with van der Waals surface area (Å²) >= 11 is 0. The molecular formula is C41H51N9O4. The van der Waals surface area contributed by atoms with Crippen molar-refractivity contribution in [3.05, 3.63) is 84.3 Å². The number of benzene rings is 1. The second kappa shape index (κ2) is 16.4. The molecule has 2 atom stereocenters. The zero-order chi connectivity index (χ0) is 37.7. The quantitative estimate of drug-likeness (QED) is 0.152. The molecule has 3 aromatic heterocycles. The van der Waals surface area contributed by atoms with Gasteiger partial charge in [-0.05, 0) is 88.1 Å². The number of para-hydroxylation sites is 1. The average molecular weight is 734 g/mol. The van der Waals surface area contributed by atoms with Gasteiger partial charge in [0.25, 0.3) is 0 Å². The van der Waals surface area contributed by atoms with Crippen LogP contribution in [0.25, 0.3) is 17.3 Å². The molecule has 0 saturated carbocycles. The number of anilines is 4. The lowest BCUT2D eigenvalue weighted by Gasteiger charge is -2.43. The number of esters is 1. The molecule has 13 nitrogen and oxygen atoms in total. The molecule has 13 heteroatoms. The Hall–Kier alpha value is -5.27. The van der Waals surface area contributed by atoms with Crippen LogP contribution in [0.5, 0.6) is 5.75 Å². The standard InChI is InChI=1S/C41H51N9O4/c1-41(2,3)54-39(52)28-47-17-19-48(20-18-47)38-13-10-29(25-44-38)15-22-53-21-6-7-30-23-31(14-16-43-30)50-32-11-12-33(50)27-49(26-32)36-24-35(45-46-40(36)42)34-8-4-5-9-37(34)51/h4-10,13-14,16,23-25,32-33,51H,11-12,15,17-22,26-28H2,1-3H3,(H2,42,46)/b7-6+. The fourth-order valence-electron chi connectivity index (χ4n) is 7.63. The second-order valence-corrected chi connectivity index (χ2v) is 15.3. The number of pyridine rings is 2. The van der Waals surface area contributed by atoms with Gasteiger partial charge in [0, 0.05) is 75.0 Å². The molecule has 4 aromatic rings. The van der Waals surface area contributed by atoms with Crippen LogP contribution in [-0.2, 0) is 20.7 Å². The molecule has 0 aliphatic carbocycles. The third-order valence-electron chi connectivity index (χ3n) is 10.2. The van der Waals surface area contributed by atoms with Crippen LogP contribution >= 0.6 is 0 Å². The van der Waals surface area contributed by atoms with Crippen molar-refractivity contribution in [2.75, 3.05) is 79.5 Å². The van der Waals surface area contributed by atoms with Gasteiger partial charge in [0.15, 0.2) is 5.82 Å². The third-order valence-corrected chi connectivity index (χ3v) is 10.2. The van der Waals surface area contributed by atoms with Gasteiger partial charge in [0.05, 0.1) is 36.8 Å². The molecule has 2 bridgehead atoms. The number of rotatable bonds is 12. The largest absolute Gasteiger partial charge is 0.507 e. The second-order valence-electron chi connectivity index (χ2n) is 15.3. The van der Waals surface area contributed by atoms with Crippen molar-refractivity contribution < 1.29 is 19.4 Å². The number of hydrogen-bond donors (Lipinski definition) is 2. The number of aromatic nitrogens is 4. The third kappa shape index (κ3) is 9.08. The van der Waals surface area contributed by atoms with Crippen LogP contribution in [0.2, 0.25) is 0 Å². The lowest BCUT2D eigenvalue weighted by atomic mass is 10.1. The Morgan fingerprint density at radius 3 is 2.46 bits per heavy atom. The predicted molar refractivity (Wildman–Crippen MR) is 212 cm³/mol. The molecule has 1 aromatic carbocycles. The highest BCUT2D eigenvalue weighted by atomic mass is 16.6. The van der Waals surface area contributed by atoms with E-state index in [0.717, 1.165) is 81.3 Å². The summed E-state index contributed by atoms with van der Waals surface area (Å²) in [5.74, 6) is 1.35. The molecule has 284 valence electrons. The van der Waals surface area contributed by atoms with Crippen molar-refractivity contribution in [1.82, 2.24) is 25.1 Å². The van der Waals surface area contributed by atoms with Crippen LogP contribution in [0.3, 0.4) is 0 Å². The number of nitrogen functional groups attached to an aromatic ring is 1. The lowest BCUT2D eigenvalue weighted by molar-refractivity contribution is -0.156. The van der Waals surface area contributed by atoms with E-state index >= 15 is 0 Å². The smallest absolute Gasteiger partial charge is 0.320 e. The van der Waals surface area contributed by atoms with Crippen molar-refractivity contribution in [3.8, 4) is 17.0 Å². The molecular weight excluding hydrogens is 683 g/mol. The molecule has 3 N–H and O–H groups in total. The molecule has 54 heavy (non-hydrogen) atoms. The van der Waals surface area contributed by atoms with Crippen molar-refractivity contribution >= 4 is 35.1 Å². The number of fused-ring (bicyclic) bond motifs is 2. The number of carbonyl (C=O) groups excluding carboxylic acids is 1. The Bertz CT molecular complexity index is 1910. The number of nitrogens with two attached hydrogens (primary N) is 1. The van der Waals surface area contributed by atoms with Gasteiger partial charge in [-0.15, -0.1) is 10.2 Å². The minimum atomic E-state index is -0.462. The maximum Gasteiger partial charge on any atom is 0.320 e. The lowest BCUT2D eigenvalue weighted by Crippen LogP contribution is -2.54. The SMILES string of the molecule is CC(C)(C)OC(=O)CN1CCN(c2ccc(CCOC/C=C/c3cc(N4C5CCC4CN(c4cc(-c6ccccc6O)nnc4N)C5)ccn3)cn2)CC1. The van der Waals surface area contributed by atoms with Crippen LogP contribution in [0.15, 0.2) is 73.1 Å². The Morgan fingerprint density at radius 2 is 1.74 bits per heavy atom. The van der Waals surface area contributed by atoms with Crippen LogP contribution < -0.4 is 20.4 Å². The van der Waals surface area contributed by atoms with E-state index in [1.807, 2.05) is 63.5 Å².